The maximum absolute atomic E-state index is 6.32. The summed E-state index contributed by atoms with van der Waals surface area (Å²) in [5.74, 6) is 2.10. The van der Waals surface area contributed by atoms with Gasteiger partial charge in [0.2, 0.25) is 0 Å². The molecule has 0 radical (unpaired) electrons. The molecular formula is C26H23N5. The Bertz CT molecular complexity index is 1430. The SMILES string of the molecule is Cc1cc(-c2ccccc2)nc2cc(-c3nc(C4CCC4)n4ccnc(N)c34)ccc12. The van der Waals surface area contributed by atoms with Gasteiger partial charge in [0.25, 0.3) is 0 Å². The van der Waals surface area contributed by atoms with E-state index in [0.29, 0.717) is 11.7 Å². The molecule has 31 heavy (non-hydrogen) atoms. The highest BCUT2D eigenvalue weighted by atomic mass is 15.1. The normalized spacial score (nSPS) is 14.2. The lowest BCUT2D eigenvalue weighted by atomic mass is 9.85. The molecule has 3 heterocycles. The summed E-state index contributed by atoms with van der Waals surface area (Å²) >= 11 is 0. The van der Waals surface area contributed by atoms with Crippen LogP contribution in [0.1, 0.15) is 36.6 Å². The molecule has 2 N–H and O–H groups in total. The number of anilines is 1. The van der Waals surface area contributed by atoms with Crippen LogP contribution in [0.25, 0.3) is 38.9 Å². The van der Waals surface area contributed by atoms with E-state index < -0.39 is 0 Å². The number of benzene rings is 2. The first-order valence-electron chi connectivity index (χ1n) is 10.8. The number of pyridine rings is 1. The van der Waals surface area contributed by atoms with Gasteiger partial charge in [-0.15, -0.1) is 0 Å². The van der Waals surface area contributed by atoms with Crippen LogP contribution in [0.15, 0.2) is 67.0 Å². The fourth-order valence-electron chi connectivity index (χ4n) is 4.55. The Morgan fingerprint density at radius 3 is 2.58 bits per heavy atom. The molecule has 6 rings (SSSR count). The van der Waals surface area contributed by atoms with Crippen molar-refractivity contribution in [2.75, 3.05) is 5.73 Å². The lowest BCUT2D eigenvalue weighted by Gasteiger charge is -2.23. The van der Waals surface area contributed by atoms with Crippen molar-refractivity contribution in [2.24, 2.45) is 0 Å². The molecule has 1 saturated carbocycles. The highest BCUT2D eigenvalue weighted by molar-refractivity contribution is 5.92. The zero-order chi connectivity index (χ0) is 20.9. The minimum atomic E-state index is 0.494. The summed E-state index contributed by atoms with van der Waals surface area (Å²) in [6, 6.07) is 18.9. The second-order valence-electron chi connectivity index (χ2n) is 8.40. The molecule has 0 amide bonds. The summed E-state index contributed by atoms with van der Waals surface area (Å²) in [5.41, 5.74) is 13.4. The number of imidazole rings is 1. The van der Waals surface area contributed by atoms with Gasteiger partial charge in [0, 0.05) is 34.8 Å². The van der Waals surface area contributed by atoms with Gasteiger partial charge in [-0.1, -0.05) is 48.9 Å². The molecule has 0 saturated heterocycles. The van der Waals surface area contributed by atoms with Gasteiger partial charge in [-0.2, -0.15) is 0 Å². The van der Waals surface area contributed by atoms with Gasteiger partial charge in [0.05, 0.1) is 11.2 Å². The molecule has 5 heteroatoms. The van der Waals surface area contributed by atoms with Crippen molar-refractivity contribution in [3.8, 4) is 22.5 Å². The summed E-state index contributed by atoms with van der Waals surface area (Å²) < 4.78 is 2.13. The van der Waals surface area contributed by atoms with E-state index in [1.54, 1.807) is 6.20 Å². The first-order chi connectivity index (χ1) is 15.2. The first-order valence-corrected chi connectivity index (χ1v) is 10.8. The largest absolute Gasteiger partial charge is 0.382 e. The Labute approximate surface area is 180 Å². The average Bonchev–Trinajstić information content (AvgIpc) is 3.13. The molecule has 0 spiro atoms. The van der Waals surface area contributed by atoms with Crippen molar-refractivity contribution in [1.82, 2.24) is 19.4 Å². The van der Waals surface area contributed by atoms with Gasteiger partial charge in [0.1, 0.15) is 22.9 Å². The number of rotatable bonds is 3. The Hall–Kier alpha value is -3.73. The molecule has 3 aromatic heterocycles. The summed E-state index contributed by atoms with van der Waals surface area (Å²) in [6.45, 7) is 2.14. The van der Waals surface area contributed by atoms with Crippen LogP contribution in [0, 0.1) is 6.92 Å². The van der Waals surface area contributed by atoms with E-state index >= 15 is 0 Å². The van der Waals surface area contributed by atoms with Crippen LogP contribution in [0.3, 0.4) is 0 Å². The highest BCUT2D eigenvalue weighted by Crippen LogP contribution is 2.39. The van der Waals surface area contributed by atoms with Crippen LogP contribution in [-0.4, -0.2) is 19.4 Å². The zero-order valence-corrected chi connectivity index (χ0v) is 17.4. The Balaban J connectivity index is 1.56. The van der Waals surface area contributed by atoms with E-state index in [1.165, 1.54) is 24.8 Å². The smallest absolute Gasteiger partial charge is 0.150 e. The molecule has 1 aliphatic rings. The number of hydrogen-bond acceptors (Lipinski definition) is 4. The van der Waals surface area contributed by atoms with Crippen molar-refractivity contribution in [3.63, 3.8) is 0 Å². The van der Waals surface area contributed by atoms with Crippen LogP contribution >= 0.6 is 0 Å². The fourth-order valence-corrected chi connectivity index (χ4v) is 4.55. The molecule has 0 unspecified atom stereocenters. The summed E-state index contributed by atoms with van der Waals surface area (Å²) in [7, 11) is 0. The second-order valence-corrected chi connectivity index (χ2v) is 8.40. The molecule has 0 aliphatic heterocycles. The van der Waals surface area contributed by atoms with Crippen molar-refractivity contribution in [3.05, 3.63) is 78.4 Å². The Kier molecular flexibility index (Phi) is 4.03. The predicted molar refractivity (Wildman–Crippen MR) is 125 cm³/mol. The number of nitrogens with two attached hydrogens (primary N) is 1. The van der Waals surface area contributed by atoms with Crippen molar-refractivity contribution in [1.29, 1.82) is 0 Å². The highest BCUT2D eigenvalue weighted by Gasteiger charge is 2.27. The molecule has 5 aromatic rings. The van der Waals surface area contributed by atoms with Crippen LogP contribution in [-0.2, 0) is 0 Å². The molecule has 0 bridgehead atoms. The van der Waals surface area contributed by atoms with Gasteiger partial charge in [-0.25, -0.2) is 15.0 Å². The van der Waals surface area contributed by atoms with Crippen LogP contribution < -0.4 is 5.73 Å². The van der Waals surface area contributed by atoms with Gasteiger partial charge in [0.15, 0.2) is 0 Å². The molecule has 1 fully saturated rings. The van der Waals surface area contributed by atoms with Gasteiger partial charge < -0.3 is 5.73 Å². The molecule has 2 aromatic carbocycles. The summed E-state index contributed by atoms with van der Waals surface area (Å²) in [4.78, 5) is 14.4. The quantitative estimate of drug-likeness (QED) is 0.414. The minimum Gasteiger partial charge on any atom is -0.382 e. The lowest BCUT2D eigenvalue weighted by molar-refractivity contribution is 0.400. The summed E-state index contributed by atoms with van der Waals surface area (Å²) in [5, 5.41) is 1.15. The number of aryl methyl sites for hydroxylation is 1. The minimum absolute atomic E-state index is 0.494. The predicted octanol–water partition coefficient (Wildman–Crippen LogP) is 5.77. The van der Waals surface area contributed by atoms with Crippen LogP contribution in [0.2, 0.25) is 0 Å². The number of nitrogen functional groups attached to an aromatic ring is 1. The van der Waals surface area contributed by atoms with Crippen molar-refractivity contribution < 1.29 is 0 Å². The topological polar surface area (TPSA) is 69.1 Å². The van der Waals surface area contributed by atoms with E-state index in [4.69, 9.17) is 15.7 Å². The number of aromatic nitrogens is 4. The number of fused-ring (bicyclic) bond motifs is 2. The standard InChI is InChI=1S/C26H23N5/c1-16-14-21(17-6-3-2-4-7-17)29-22-15-19(10-11-20(16)22)23-24-25(27)28-12-13-31(24)26(30-23)18-8-5-9-18/h2-4,6-7,10-15,18H,5,8-9H2,1H3,(H2,27,28). The van der Waals surface area contributed by atoms with Gasteiger partial charge in [-0.05, 0) is 37.5 Å². The van der Waals surface area contributed by atoms with E-state index in [1.807, 2.05) is 24.4 Å². The zero-order valence-electron chi connectivity index (χ0n) is 17.4. The van der Waals surface area contributed by atoms with E-state index in [0.717, 1.165) is 44.8 Å². The molecule has 0 atom stereocenters. The fraction of sp³-hybridized carbons (Fsp3) is 0.192. The molecular weight excluding hydrogens is 382 g/mol. The van der Waals surface area contributed by atoms with E-state index in [2.05, 4.69) is 52.7 Å². The third kappa shape index (κ3) is 2.88. The second kappa shape index (κ2) is 6.91. The van der Waals surface area contributed by atoms with Crippen molar-refractivity contribution >= 4 is 22.2 Å². The number of nitrogens with zero attached hydrogens (tertiary/aromatic N) is 4. The molecule has 1 aliphatic carbocycles. The maximum Gasteiger partial charge on any atom is 0.150 e. The summed E-state index contributed by atoms with van der Waals surface area (Å²) in [6.07, 6.45) is 7.36. The monoisotopic (exact) mass is 405 g/mol. The Morgan fingerprint density at radius 2 is 1.81 bits per heavy atom. The van der Waals surface area contributed by atoms with E-state index in [-0.39, 0.29) is 0 Å². The lowest BCUT2D eigenvalue weighted by Crippen LogP contribution is -2.12. The van der Waals surface area contributed by atoms with Gasteiger partial charge >= 0.3 is 0 Å². The molecule has 152 valence electrons. The first kappa shape index (κ1) is 18.1. The van der Waals surface area contributed by atoms with E-state index in [9.17, 15) is 0 Å². The maximum atomic E-state index is 6.32. The van der Waals surface area contributed by atoms with Crippen LogP contribution in [0.4, 0.5) is 5.82 Å². The third-order valence-electron chi connectivity index (χ3n) is 6.44. The van der Waals surface area contributed by atoms with Gasteiger partial charge in [-0.3, -0.25) is 4.40 Å². The average molecular weight is 406 g/mol. The number of hydrogen-bond donors (Lipinski definition) is 1. The van der Waals surface area contributed by atoms with Crippen LogP contribution in [0.5, 0.6) is 0 Å². The molecule has 5 nitrogen and oxygen atoms in total. The Morgan fingerprint density at radius 1 is 0.968 bits per heavy atom. The van der Waals surface area contributed by atoms with Crippen molar-refractivity contribution in [2.45, 2.75) is 32.1 Å². The third-order valence-corrected chi connectivity index (χ3v) is 6.44.